The van der Waals surface area contributed by atoms with Crippen LogP contribution in [0.5, 0.6) is 11.5 Å². The SMILES string of the molecule is CCCCOc1ccc(C(=O)Oc2ccc(Br)cc2Br)cc1. The molecule has 0 aromatic heterocycles. The second-order valence-electron chi connectivity index (χ2n) is 4.69. The minimum atomic E-state index is -0.400. The molecule has 0 heterocycles. The molecule has 0 N–H and O–H groups in total. The molecular formula is C17H16Br2O3. The van der Waals surface area contributed by atoms with Gasteiger partial charge in [0.25, 0.3) is 0 Å². The van der Waals surface area contributed by atoms with Crippen LogP contribution in [0.2, 0.25) is 0 Å². The van der Waals surface area contributed by atoms with Gasteiger partial charge in [-0.3, -0.25) is 0 Å². The van der Waals surface area contributed by atoms with E-state index in [1.165, 1.54) is 0 Å². The second-order valence-corrected chi connectivity index (χ2v) is 6.46. The highest BCUT2D eigenvalue weighted by atomic mass is 79.9. The van der Waals surface area contributed by atoms with Gasteiger partial charge in [-0.1, -0.05) is 29.3 Å². The maximum absolute atomic E-state index is 12.1. The highest BCUT2D eigenvalue weighted by Gasteiger charge is 2.11. The van der Waals surface area contributed by atoms with E-state index in [1.807, 2.05) is 12.1 Å². The number of carbonyl (C=O) groups is 1. The molecule has 0 atom stereocenters. The Morgan fingerprint density at radius 1 is 1.09 bits per heavy atom. The van der Waals surface area contributed by atoms with Crippen LogP contribution in [-0.4, -0.2) is 12.6 Å². The summed E-state index contributed by atoms with van der Waals surface area (Å²) in [6.45, 7) is 2.80. The average Bonchev–Trinajstić information content (AvgIpc) is 2.51. The Bertz CT molecular complexity index is 639. The molecule has 22 heavy (non-hydrogen) atoms. The van der Waals surface area contributed by atoms with Crippen molar-refractivity contribution in [1.29, 1.82) is 0 Å². The van der Waals surface area contributed by atoms with E-state index < -0.39 is 5.97 Å². The maximum Gasteiger partial charge on any atom is 0.343 e. The predicted octanol–water partition coefficient (Wildman–Crippen LogP) is 5.61. The summed E-state index contributed by atoms with van der Waals surface area (Å²) in [5, 5.41) is 0. The summed E-state index contributed by atoms with van der Waals surface area (Å²) in [6.07, 6.45) is 2.11. The van der Waals surface area contributed by atoms with Crippen LogP contribution in [0.25, 0.3) is 0 Å². The van der Waals surface area contributed by atoms with Gasteiger partial charge in [0.2, 0.25) is 0 Å². The van der Waals surface area contributed by atoms with E-state index in [1.54, 1.807) is 30.3 Å². The van der Waals surface area contributed by atoms with Crippen molar-refractivity contribution in [3.8, 4) is 11.5 Å². The molecule has 0 bridgehead atoms. The molecule has 2 aromatic carbocycles. The fraction of sp³-hybridized carbons (Fsp3) is 0.235. The monoisotopic (exact) mass is 426 g/mol. The van der Waals surface area contributed by atoms with Gasteiger partial charge in [0, 0.05) is 4.47 Å². The Balaban J connectivity index is 2.00. The fourth-order valence-electron chi connectivity index (χ4n) is 1.74. The summed E-state index contributed by atoms with van der Waals surface area (Å²) in [4.78, 5) is 12.1. The lowest BCUT2D eigenvalue weighted by atomic mass is 10.2. The molecule has 0 fully saturated rings. The summed E-state index contributed by atoms with van der Waals surface area (Å²) in [7, 11) is 0. The van der Waals surface area contributed by atoms with Crippen LogP contribution in [-0.2, 0) is 0 Å². The summed E-state index contributed by atoms with van der Waals surface area (Å²) in [5.41, 5.74) is 0.484. The molecule has 0 saturated carbocycles. The lowest BCUT2D eigenvalue weighted by Crippen LogP contribution is -2.08. The first-order valence-corrected chi connectivity index (χ1v) is 8.59. The molecule has 0 saturated heterocycles. The van der Waals surface area contributed by atoms with E-state index in [-0.39, 0.29) is 0 Å². The van der Waals surface area contributed by atoms with Gasteiger partial charge in [0.1, 0.15) is 11.5 Å². The standard InChI is InChI=1S/C17H16Br2O3/c1-2-3-10-21-14-7-4-12(5-8-14)17(20)22-16-9-6-13(18)11-15(16)19/h4-9,11H,2-3,10H2,1H3. The number of esters is 1. The zero-order valence-electron chi connectivity index (χ0n) is 12.1. The minimum Gasteiger partial charge on any atom is -0.494 e. The second kappa shape index (κ2) is 8.34. The number of carbonyl (C=O) groups excluding carboxylic acids is 1. The molecule has 0 radical (unpaired) electrons. The van der Waals surface area contributed by atoms with Gasteiger partial charge in [-0.2, -0.15) is 0 Å². The van der Waals surface area contributed by atoms with Crippen molar-refractivity contribution in [2.75, 3.05) is 6.61 Å². The van der Waals surface area contributed by atoms with Crippen LogP contribution in [0, 0.1) is 0 Å². The van der Waals surface area contributed by atoms with E-state index in [4.69, 9.17) is 9.47 Å². The van der Waals surface area contributed by atoms with Gasteiger partial charge >= 0.3 is 5.97 Å². The van der Waals surface area contributed by atoms with Gasteiger partial charge in [-0.15, -0.1) is 0 Å². The van der Waals surface area contributed by atoms with Gasteiger partial charge in [-0.05, 0) is 64.8 Å². The number of hydrogen-bond acceptors (Lipinski definition) is 3. The van der Waals surface area contributed by atoms with Crippen LogP contribution in [0.4, 0.5) is 0 Å². The largest absolute Gasteiger partial charge is 0.494 e. The molecular weight excluding hydrogens is 412 g/mol. The van der Waals surface area contributed by atoms with Gasteiger partial charge < -0.3 is 9.47 Å². The molecule has 2 rings (SSSR count). The third-order valence-corrected chi connectivity index (χ3v) is 4.07. The molecule has 5 heteroatoms. The number of halogens is 2. The Morgan fingerprint density at radius 2 is 1.82 bits per heavy atom. The van der Waals surface area contributed by atoms with Crippen molar-refractivity contribution in [1.82, 2.24) is 0 Å². The van der Waals surface area contributed by atoms with Crippen molar-refractivity contribution in [3.05, 3.63) is 57.0 Å². The molecule has 0 aliphatic carbocycles. The third kappa shape index (κ3) is 4.85. The van der Waals surface area contributed by atoms with E-state index in [0.29, 0.717) is 17.9 Å². The Morgan fingerprint density at radius 3 is 2.45 bits per heavy atom. The first-order valence-electron chi connectivity index (χ1n) is 7.00. The van der Waals surface area contributed by atoms with Crippen molar-refractivity contribution >= 4 is 37.8 Å². The van der Waals surface area contributed by atoms with Crippen LogP contribution in [0.3, 0.4) is 0 Å². The maximum atomic E-state index is 12.1. The quantitative estimate of drug-likeness (QED) is 0.341. The van der Waals surface area contributed by atoms with Gasteiger partial charge in [0.15, 0.2) is 0 Å². The Kier molecular flexibility index (Phi) is 6.46. The predicted molar refractivity (Wildman–Crippen MR) is 93.6 cm³/mol. The third-order valence-electron chi connectivity index (χ3n) is 2.95. The molecule has 0 amide bonds. The first-order chi connectivity index (χ1) is 10.6. The Labute approximate surface area is 146 Å². The highest BCUT2D eigenvalue weighted by molar-refractivity contribution is 9.11. The number of benzene rings is 2. The summed E-state index contributed by atoms with van der Waals surface area (Å²) in [6, 6.07) is 12.3. The lowest BCUT2D eigenvalue weighted by Gasteiger charge is -2.08. The topological polar surface area (TPSA) is 35.5 Å². The molecule has 2 aromatic rings. The Hall–Kier alpha value is -1.33. The minimum absolute atomic E-state index is 0.400. The van der Waals surface area contributed by atoms with Crippen molar-refractivity contribution in [2.45, 2.75) is 19.8 Å². The van der Waals surface area contributed by atoms with Crippen LogP contribution in [0.15, 0.2) is 51.4 Å². The van der Waals surface area contributed by atoms with Crippen molar-refractivity contribution in [3.63, 3.8) is 0 Å². The van der Waals surface area contributed by atoms with E-state index in [9.17, 15) is 4.79 Å². The molecule has 0 spiro atoms. The fourth-order valence-corrected chi connectivity index (χ4v) is 2.87. The van der Waals surface area contributed by atoms with Gasteiger partial charge in [-0.25, -0.2) is 4.79 Å². The smallest absolute Gasteiger partial charge is 0.343 e. The van der Waals surface area contributed by atoms with Crippen LogP contribution >= 0.6 is 31.9 Å². The average molecular weight is 428 g/mol. The molecule has 0 unspecified atom stereocenters. The zero-order valence-corrected chi connectivity index (χ0v) is 15.3. The van der Waals surface area contributed by atoms with E-state index in [0.717, 1.165) is 27.5 Å². The number of ether oxygens (including phenoxy) is 2. The normalized spacial score (nSPS) is 10.3. The molecule has 0 aliphatic rings. The van der Waals surface area contributed by atoms with Crippen molar-refractivity contribution in [2.24, 2.45) is 0 Å². The number of rotatable bonds is 6. The van der Waals surface area contributed by atoms with E-state index >= 15 is 0 Å². The molecule has 3 nitrogen and oxygen atoms in total. The summed E-state index contributed by atoms with van der Waals surface area (Å²) >= 11 is 6.72. The summed E-state index contributed by atoms with van der Waals surface area (Å²) < 4.78 is 12.6. The molecule has 0 aliphatic heterocycles. The van der Waals surface area contributed by atoms with Crippen LogP contribution < -0.4 is 9.47 Å². The lowest BCUT2D eigenvalue weighted by molar-refractivity contribution is 0.0733. The number of unbranched alkanes of at least 4 members (excludes halogenated alkanes) is 1. The molecule has 116 valence electrons. The van der Waals surface area contributed by atoms with Gasteiger partial charge in [0.05, 0.1) is 16.6 Å². The van der Waals surface area contributed by atoms with Crippen molar-refractivity contribution < 1.29 is 14.3 Å². The van der Waals surface area contributed by atoms with Crippen LogP contribution in [0.1, 0.15) is 30.1 Å². The summed E-state index contributed by atoms with van der Waals surface area (Å²) in [5.74, 6) is 0.842. The number of hydrogen-bond donors (Lipinski definition) is 0. The zero-order chi connectivity index (χ0) is 15.9. The first kappa shape index (κ1) is 17.0. The highest BCUT2D eigenvalue weighted by Crippen LogP contribution is 2.29. The van der Waals surface area contributed by atoms with E-state index in [2.05, 4.69) is 38.8 Å².